The van der Waals surface area contributed by atoms with Crippen molar-refractivity contribution in [3.8, 4) is 0 Å². The van der Waals surface area contributed by atoms with Crippen LogP contribution in [-0.2, 0) is 6.54 Å². The van der Waals surface area contributed by atoms with Crippen LogP contribution < -0.4 is 10.6 Å². The van der Waals surface area contributed by atoms with Gasteiger partial charge in [0.25, 0.3) is 0 Å². The van der Waals surface area contributed by atoms with Gasteiger partial charge in [0.05, 0.1) is 6.54 Å². The predicted octanol–water partition coefficient (Wildman–Crippen LogP) is -0.466. The summed E-state index contributed by atoms with van der Waals surface area (Å²) in [5.41, 5.74) is 5.61. The van der Waals surface area contributed by atoms with Gasteiger partial charge in [0.1, 0.15) is 12.7 Å². The quantitative estimate of drug-likeness (QED) is 0.810. The van der Waals surface area contributed by atoms with Gasteiger partial charge in [0.15, 0.2) is 0 Å². The van der Waals surface area contributed by atoms with Gasteiger partial charge in [0, 0.05) is 32.7 Å². The molecule has 3 heterocycles. The van der Waals surface area contributed by atoms with Gasteiger partial charge in [-0.15, -0.1) is 10.2 Å². The molecule has 2 aromatic rings. The summed E-state index contributed by atoms with van der Waals surface area (Å²) in [4.78, 5) is 8.59. The molecule has 102 valence electrons. The van der Waals surface area contributed by atoms with Gasteiger partial charge >= 0.3 is 0 Å². The monoisotopic (exact) mass is 280 g/mol. The Kier molecular flexibility index (Phi) is 3.56. The summed E-state index contributed by atoms with van der Waals surface area (Å²) in [6.07, 6.45) is 3.32. The van der Waals surface area contributed by atoms with Crippen LogP contribution in [0.15, 0.2) is 12.7 Å². The second-order valence-corrected chi connectivity index (χ2v) is 5.40. The molecule has 0 bridgehead atoms. The maximum absolute atomic E-state index is 5.61. The largest absolute Gasteiger partial charge is 0.374 e. The van der Waals surface area contributed by atoms with Crippen molar-refractivity contribution in [2.45, 2.75) is 6.54 Å². The van der Waals surface area contributed by atoms with E-state index in [-0.39, 0.29) is 0 Å². The molecule has 19 heavy (non-hydrogen) atoms. The molecule has 2 N–H and O–H groups in total. The van der Waals surface area contributed by atoms with E-state index in [1.165, 1.54) is 11.3 Å². The minimum Gasteiger partial charge on any atom is -0.374 e. The van der Waals surface area contributed by atoms with Crippen molar-refractivity contribution < 1.29 is 0 Å². The van der Waals surface area contributed by atoms with E-state index in [4.69, 9.17) is 5.73 Å². The fourth-order valence-electron chi connectivity index (χ4n) is 2.11. The molecule has 0 atom stereocenters. The summed E-state index contributed by atoms with van der Waals surface area (Å²) >= 11 is 1.45. The minimum atomic E-state index is 0.531. The lowest BCUT2D eigenvalue weighted by atomic mass is 10.3. The molecule has 3 rings (SSSR count). The highest BCUT2D eigenvalue weighted by Gasteiger charge is 2.19. The summed E-state index contributed by atoms with van der Waals surface area (Å²) in [6.45, 7) is 5.85. The second-order valence-electron chi connectivity index (χ2n) is 4.41. The lowest BCUT2D eigenvalue weighted by molar-refractivity contribution is 0.244. The lowest BCUT2D eigenvalue weighted by Crippen LogP contribution is -2.47. The normalized spacial score (nSPS) is 16.9. The number of hydrogen-bond donors (Lipinski definition) is 1. The van der Waals surface area contributed by atoms with Crippen LogP contribution in [-0.4, -0.2) is 62.6 Å². The molecule has 1 fully saturated rings. The van der Waals surface area contributed by atoms with E-state index in [0.717, 1.165) is 44.4 Å². The Hall–Kier alpha value is -1.74. The molecule has 0 amide bonds. The molecule has 0 saturated carbocycles. The average molecular weight is 280 g/mol. The molecule has 0 spiro atoms. The van der Waals surface area contributed by atoms with Gasteiger partial charge < -0.3 is 10.6 Å². The first-order chi connectivity index (χ1) is 9.31. The third kappa shape index (κ3) is 2.99. The Morgan fingerprint density at radius 2 is 2.00 bits per heavy atom. The standard InChI is InChI=1S/C10H16N8S/c11-9-14-15-10(19-9)17-4-1-16(2-5-17)3-6-18-8-12-7-13-18/h7-8H,1-6H2,(H2,11,14). The summed E-state index contributed by atoms with van der Waals surface area (Å²) in [6, 6.07) is 0. The number of nitrogen functional groups attached to an aromatic ring is 1. The van der Waals surface area contributed by atoms with E-state index in [9.17, 15) is 0 Å². The number of aromatic nitrogens is 5. The van der Waals surface area contributed by atoms with Crippen molar-refractivity contribution >= 4 is 21.6 Å². The van der Waals surface area contributed by atoms with Crippen molar-refractivity contribution in [1.82, 2.24) is 29.9 Å². The van der Waals surface area contributed by atoms with Gasteiger partial charge in [0.2, 0.25) is 10.3 Å². The number of hydrogen-bond acceptors (Lipinski definition) is 8. The maximum atomic E-state index is 5.61. The SMILES string of the molecule is Nc1nnc(N2CCN(CCn3cncn3)CC2)s1. The third-order valence-corrected chi connectivity index (χ3v) is 4.00. The van der Waals surface area contributed by atoms with Gasteiger partial charge in [-0.1, -0.05) is 11.3 Å². The van der Waals surface area contributed by atoms with Crippen LogP contribution in [0.2, 0.25) is 0 Å². The second kappa shape index (κ2) is 5.49. The van der Waals surface area contributed by atoms with E-state index >= 15 is 0 Å². The molecular formula is C10H16N8S. The van der Waals surface area contributed by atoms with Crippen LogP contribution in [0.25, 0.3) is 0 Å². The van der Waals surface area contributed by atoms with Crippen molar-refractivity contribution in [2.75, 3.05) is 43.4 Å². The number of nitrogens with two attached hydrogens (primary N) is 1. The van der Waals surface area contributed by atoms with E-state index < -0.39 is 0 Å². The Bertz CT molecular complexity index is 501. The van der Waals surface area contributed by atoms with E-state index in [2.05, 4.69) is 30.1 Å². The molecule has 8 nitrogen and oxygen atoms in total. The molecule has 0 radical (unpaired) electrons. The van der Waals surface area contributed by atoms with Crippen LogP contribution in [0, 0.1) is 0 Å². The fraction of sp³-hybridized carbons (Fsp3) is 0.600. The van der Waals surface area contributed by atoms with Crippen molar-refractivity contribution in [1.29, 1.82) is 0 Å². The highest BCUT2D eigenvalue weighted by atomic mass is 32.1. The molecule has 1 saturated heterocycles. The minimum absolute atomic E-state index is 0.531. The van der Waals surface area contributed by atoms with Gasteiger partial charge in [-0.05, 0) is 0 Å². The number of nitrogens with zero attached hydrogens (tertiary/aromatic N) is 7. The Morgan fingerprint density at radius 1 is 1.16 bits per heavy atom. The van der Waals surface area contributed by atoms with E-state index in [1.54, 1.807) is 12.7 Å². The predicted molar refractivity (Wildman–Crippen MR) is 73.0 cm³/mol. The Labute approximate surface area is 114 Å². The molecule has 1 aliphatic heterocycles. The molecule has 0 aliphatic carbocycles. The first-order valence-electron chi connectivity index (χ1n) is 6.20. The number of rotatable bonds is 4. The van der Waals surface area contributed by atoms with Crippen LogP contribution in [0.3, 0.4) is 0 Å². The topological polar surface area (TPSA) is 89.0 Å². The number of piperazine rings is 1. The van der Waals surface area contributed by atoms with Crippen LogP contribution in [0.4, 0.5) is 10.3 Å². The highest BCUT2D eigenvalue weighted by molar-refractivity contribution is 7.18. The maximum Gasteiger partial charge on any atom is 0.210 e. The van der Waals surface area contributed by atoms with Crippen molar-refractivity contribution in [2.24, 2.45) is 0 Å². The van der Waals surface area contributed by atoms with Crippen LogP contribution >= 0.6 is 11.3 Å². The smallest absolute Gasteiger partial charge is 0.210 e. The van der Waals surface area contributed by atoms with Crippen molar-refractivity contribution in [3.63, 3.8) is 0 Å². The van der Waals surface area contributed by atoms with Crippen LogP contribution in [0.1, 0.15) is 0 Å². The van der Waals surface area contributed by atoms with E-state index in [0.29, 0.717) is 5.13 Å². The zero-order valence-corrected chi connectivity index (χ0v) is 11.3. The lowest BCUT2D eigenvalue weighted by Gasteiger charge is -2.34. The van der Waals surface area contributed by atoms with Crippen LogP contribution in [0.5, 0.6) is 0 Å². The summed E-state index contributed by atoms with van der Waals surface area (Å²) < 4.78 is 1.86. The highest BCUT2D eigenvalue weighted by Crippen LogP contribution is 2.22. The molecule has 0 aromatic carbocycles. The molecular weight excluding hydrogens is 264 g/mol. The summed E-state index contributed by atoms with van der Waals surface area (Å²) in [5.74, 6) is 0. The number of anilines is 2. The molecule has 2 aromatic heterocycles. The molecule has 1 aliphatic rings. The Morgan fingerprint density at radius 3 is 2.63 bits per heavy atom. The van der Waals surface area contributed by atoms with Crippen molar-refractivity contribution in [3.05, 3.63) is 12.7 Å². The fourth-order valence-corrected chi connectivity index (χ4v) is 2.77. The van der Waals surface area contributed by atoms with Gasteiger partial charge in [-0.3, -0.25) is 9.58 Å². The molecule has 9 heteroatoms. The van der Waals surface area contributed by atoms with Gasteiger partial charge in [-0.2, -0.15) is 5.10 Å². The molecule has 0 unspecified atom stereocenters. The zero-order chi connectivity index (χ0) is 13.1. The summed E-state index contributed by atoms with van der Waals surface area (Å²) in [7, 11) is 0. The summed E-state index contributed by atoms with van der Waals surface area (Å²) in [5, 5.41) is 13.5. The third-order valence-electron chi connectivity index (χ3n) is 3.18. The van der Waals surface area contributed by atoms with E-state index in [1.807, 2.05) is 4.68 Å². The Balaban J connectivity index is 1.47. The zero-order valence-electron chi connectivity index (χ0n) is 10.5. The van der Waals surface area contributed by atoms with Gasteiger partial charge in [-0.25, -0.2) is 4.98 Å². The first-order valence-corrected chi connectivity index (χ1v) is 7.01. The average Bonchev–Trinajstić information content (AvgIpc) is 3.08. The first kappa shape index (κ1) is 12.3.